The highest BCUT2D eigenvalue weighted by atomic mass is 35.5. The van der Waals surface area contributed by atoms with Gasteiger partial charge in [0.1, 0.15) is 6.04 Å². The fourth-order valence-electron chi connectivity index (χ4n) is 3.13. The highest BCUT2D eigenvalue weighted by Gasteiger charge is 2.37. The first kappa shape index (κ1) is 24.7. The second-order valence-corrected chi connectivity index (χ2v) is 6.24. The van der Waals surface area contributed by atoms with Gasteiger partial charge < -0.3 is 20.6 Å². The SMILES string of the molecule is CCCN1CCNC([C@@H](O)[C@H](Cc2ccccc2)NC(C)=O)C1=O.Cl.Cl. The van der Waals surface area contributed by atoms with Crippen LogP contribution in [0.5, 0.6) is 0 Å². The molecule has 2 rings (SSSR count). The van der Waals surface area contributed by atoms with Gasteiger partial charge >= 0.3 is 0 Å². The van der Waals surface area contributed by atoms with E-state index in [1.165, 1.54) is 6.92 Å². The third-order valence-corrected chi connectivity index (χ3v) is 4.26. The molecule has 1 fully saturated rings. The highest BCUT2D eigenvalue weighted by Crippen LogP contribution is 2.13. The van der Waals surface area contributed by atoms with E-state index < -0.39 is 18.2 Å². The minimum Gasteiger partial charge on any atom is -0.389 e. The maximum absolute atomic E-state index is 12.6. The molecule has 6 nitrogen and oxygen atoms in total. The molecule has 1 aliphatic rings. The molecule has 148 valence electrons. The number of aliphatic hydroxyl groups excluding tert-OH is 1. The van der Waals surface area contributed by atoms with E-state index in [0.717, 1.165) is 12.0 Å². The van der Waals surface area contributed by atoms with Gasteiger partial charge in [-0.3, -0.25) is 9.59 Å². The number of nitrogens with one attached hydrogen (secondary N) is 2. The van der Waals surface area contributed by atoms with Gasteiger partial charge in [0.25, 0.3) is 0 Å². The van der Waals surface area contributed by atoms with Gasteiger partial charge in [0.2, 0.25) is 11.8 Å². The lowest BCUT2D eigenvalue weighted by Crippen LogP contribution is -2.64. The van der Waals surface area contributed by atoms with Gasteiger partial charge in [-0.15, -0.1) is 24.8 Å². The van der Waals surface area contributed by atoms with E-state index >= 15 is 0 Å². The minimum absolute atomic E-state index is 0. The third-order valence-electron chi connectivity index (χ3n) is 4.26. The Balaban J connectivity index is 0.00000312. The van der Waals surface area contributed by atoms with Crippen LogP contribution in [0.15, 0.2) is 30.3 Å². The van der Waals surface area contributed by atoms with Crippen molar-refractivity contribution >= 4 is 36.6 Å². The van der Waals surface area contributed by atoms with Gasteiger partial charge in [-0.05, 0) is 18.4 Å². The number of nitrogens with zero attached hydrogens (tertiary/aromatic N) is 1. The molecule has 1 aromatic rings. The molecule has 8 heteroatoms. The quantitative estimate of drug-likeness (QED) is 0.635. The predicted molar refractivity (Wildman–Crippen MR) is 107 cm³/mol. The van der Waals surface area contributed by atoms with Crippen LogP contribution in [-0.2, 0) is 16.0 Å². The summed E-state index contributed by atoms with van der Waals surface area (Å²) in [6.07, 6.45) is 0.371. The van der Waals surface area contributed by atoms with Gasteiger partial charge in [0.15, 0.2) is 0 Å². The number of aliphatic hydroxyl groups is 1. The number of piperazine rings is 1. The Morgan fingerprint density at radius 1 is 1.35 bits per heavy atom. The van der Waals surface area contributed by atoms with Crippen LogP contribution in [0.4, 0.5) is 0 Å². The van der Waals surface area contributed by atoms with E-state index in [2.05, 4.69) is 10.6 Å². The van der Waals surface area contributed by atoms with Crippen molar-refractivity contribution in [2.45, 2.75) is 44.9 Å². The molecule has 26 heavy (non-hydrogen) atoms. The van der Waals surface area contributed by atoms with Crippen LogP contribution < -0.4 is 10.6 Å². The van der Waals surface area contributed by atoms with Crippen molar-refractivity contribution in [3.8, 4) is 0 Å². The number of amides is 2. The summed E-state index contributed by atoms with van der Waals surface area (Å²) in [5.74, 6) is -0.317. The first-order valence-electron chi connectivity index (χ1n) is 8.54. The van der Waals surface area contributed by atoms with Crippen molar-refractivity contribution in [1.82, 2.24) is 15.5 Å². The Hall–Kier alpha value is -1.34. The first-order chi connectivity index (χ1) is 11.5. The summed E-state index contributed by atoms with van der Waals surface area (Å²) in [7, 11) is 0. The van der Waals surface area contributed by atoms with Crippen LogP contribution in [0.25, 0.3) is 0 Å². The number of hydrogen-bond acceptors (Lipinski definition) is 4. The number of hydrogen-bond donors (Lipinski definition) is 3. The van der Waals surface area contributed by atoms with Gasteiger partial charge in [0, 0.05) is 26.6 Å². The highest BCUT2D eigenvalue weighted by molar-refractivity contribution is 5.85. The fourth-order valence-corrected chi connectivity index (χ4v) is 3.13. The van der Waals surface area contributed by atoms with Crippen molar-refractivity contribution in [3.05, 3.63) is 35.9 Å². The number of halogens is 2. The minimum atomic E-state index is -0.985. The van der Waals surface area contributed by atoms with Crippen LogP contribution in [0, 0.1) is 0 Å². The lowest BCUT2D eigenvalue weighted by atomic mass is 9.94. The maximum atomic E-state index is 12.6. The molecule has 0 bridgehead atoms. The van der Waals surface area contributed by atoms with E-state index in [9.17, 15) is 14.7 Å². The van der Waals surface area contributed by atoms with Crippen LogP contribution in [0.1, 0.15) is 25.8 Å². The molecule has 1 aliphatic heterocycles. The Labute approximate surface area is 167 Å². The van der Waals surface area contributed by atoms with Crippen molar-refractivity contribution in [1.29, 1.82) is 0 Å². The summed E-state index contributed by atoms with van der Waals surface area (Å²) in [5.41, 5.74) is 1.00. The normalized spacial score (nSPS) is 19.0. The predicted octanol–water partition coefficient (Wildman–Crippen LogP) is 1.15. The van der Waals surface area contributed by atoms with E-state index in [-0.39, 0.29) is 36.6 Å². The number of carbonyl (C=O) groups excluding carboxylic acids is 2. The second kappa shape index (κ2) is 12.1. The van der Waals surface area contributed by atoms with E-state index in [4.69, 9.17) is 0 Å². The molecule has 0 saturated carbocycles. The number of carbonyl (C=O) groups is 2. The first-order valence-corrected chi connectivity index (χ1v) is 8.54. The van der Waals surface area contributed by atoms with E-state index in [1.54, 1.807) is 4.90 Å². The molecule has 1 saturated heterocycles. The molecule has 2 amide bonds. The zero-order valence-corrected chi connectivity index (χ0v) is 16.8. The van der Waals surface area contributed by atoms with E-state index in [0.29, 0.717) is 26.1 Å². The lowest BCUT2D eigenvalue weighted by Gasteiger charge is -2.37. The molecule has 1 heterocycles. The van der Waals surface area contributed by atoms with Gasteiger partial charge in [-0.1, -0.05) is 37.3 Å². The van der Waals surface area contributed by atoms with Gasteiger partial charge in [-0.25, -0.2) is 0 Å². The molecule has 0 aromatic heterocycles. The van der Waals surface area contributed by atoms with Gasteiger partial charge in [-0.2, -0.15) is 0 Å². The van der Waals surface area contributed by atoms with Crippen molar-refractivity contribution in [3.63, 3.8) is 0 Å². The van der Waals surface area contributed by atoms with Crippen molar-refractivity contribution in [2.75, 3.05) is 19.6 Å². The van der Waals surface area contributed by atoms with Crippen LogP contribution in [0.3, 0.4) is 0 Å². The average Bonchev–Trinajstić information content (AvgIpc) is 2.56. The molecule has 3 atom stereocenters. The summed E-state index contributed by atoms with van der Waals surface area (Å²) in [4.78, 5) is 25.9. The fraction of sp³-hybridized carbons (Fsp3) is 0.556. The van der Waals surface area contributed by atoms with Crippen molar-refractivity contribution < 1.29 is 14.7 Å². The summed E-state index contributed by atoms with van der Waals surface area (Å²) in [6, 6.07) is 8.43. The Kier molecular flexibility index (Phi) is 11.5. The Morgan fingerprint density at radius 2 is 2.00 bits per heavy atom. The molecular formula is C18H29Cl2N3O3. The number of rotatable bonds is 7. The standard InChI is InChI=1S/C18H27N3O3.2ClH/c1-3-10-21-11-9-19-16(18(21)24)17(23)15(20-13(2)22)12-14-7-5-4-6-8-14;;/h4-8,15-17,19,23H,3,9-12H2,1-2H3,(H,20,22);2*1H/t15-,16?,17-;;/m0../s1. The van der Waals surface area contributed by atoms with Crippen LogP contribution in [0.2, 0.25) is 0 Å². The molecule has 1 aromatic carbocycles. The summed E-state index contributed by atoms with van der Waals surface area (Å²) in [6.45, 7) is 5.43. The lowest BCUT2D eigenvalue weighted by molar-refractivity contribution is -0.140. The molecule has 0 radical (unpaired) electrons. The summed E-state index contributed by atoms with van der Waals surface area (Å²) < 4.78 is 0. The molecule has 3 N–H and O–H groups in total. The zero-order chi connectivity index (χ0) is 17.5. The summed E-state index contributed by atoms with van der Waals surface area (Å²) in [5, 5.41) is 16.7. The Bertz CT molecular complexity index is 558. The third kappa shape index (κ3) is 6.76. The summed E-state index contributed by atoms with van der Waals surface area (Å²) >= 11 is 0. The number of benzene rings is 1. The van der Waals surface area contributed by atoms with Crippen LogP contribution in [-0.4, -0.2) is 59.6 Å². The Morgan fingerprint density at radius 3 is 2.58 bits per heavy atom. The smallest absolute Gasteiger partial charge is 0.242 e. The molecular weight excluding hydrogens is 377 g/mol. The molecule has 0 spiro atoms. The monoisotopic (exact) mass is 405 g/mol. The topological polar surface area (TPSA) is 81.7 Å². The largest absolute Gasteiger partial charge is 0.389 e. The van der Waals surface area contributed by atoms with Crippen molar-refractivity contribution in [2.24, 2.45) is 0 Å². The zero-order valence-electron chi connectivity index (χ0n) is 15.2. The average molecular weight is 406 g/mol. The van der Waals surface area contributed by atoms with Crippen LogP contribution >= 0.6 is 24.8 Å². The maximum Gasteiger partial charge on any atom is 0.242 e. The van der Waals surface area contributed by atoms with E-state index in [1.807, 2.05) is 37.3 Å². The molecule has 0 aliphatic carbocycles. The molecule has 1 unspecified atom stereocenters. The van der Waals surface area contributed by atoms with Gasteiger partial charge in [0.05, 0.1) is 12.1 Å². The second-order valence-electron chi connectivity index (χ2n) is 6.24.